The molecule has 5 nitrogen and oxygen atoms in total. The summed E-state index contributed by atoms with van der Waals surface area (Å²) < 4.78 is 49.0. The first-order valence-corrected chi connectivity index (χ1v) is 14.7. The summed E-state index contributed by atoms with van der Waals surface area (Å²) in [5, 5.41) is 2.75. The fourth-order valence-electron chi connectivity index (χ4n) is 3.14. The highest BCUT2D eigenvalue weighted by Gasteiger charge is 2.17. The predicted molar refractivity (Wildman–Crippen MR) is 151 cm³/mol. The van der Waals surface area contributed by atoms with E-state index in [4.69, 9.17) is 0 Å². The quantitative estimate of drug-likeness (QED) is 0.340. The summed E-state index contributed by atoms with van der Waals surface area (Å²) in [6, 6.07) is 27.6. The van der Waals surface area contributed by atoms with Crippen molar-refractivity contribution in [3.8, 4) is 0 Å². The molecule has 0 unspecified atom stereocenters. The zero-order valence-electron chi connectivity index (χ0n) is 22.2. The molecule has 196 valence electrons. The maximum Gasteiger partial charge on any atom is 0.206 e. The summed E-state index contributed by atoms with van der Waals surface area (Å²) in [6.45, 7) is 7.73. The first-order valence-electron chi connectivity index (χ1n) is 11.8. The molecule has 0 aliphatic heterocycles. The molecule has 4 aromatic rings. The van der Waals surface area contributed by atoms with Crippen LogP contribution in [0.2, 0.25) is 0 Å². The Labute approximate surface area is 222 Å². The third-order valence-corrected chi connectivity index (χ3v) is 8.90. The molecular formula is C30H35NO4S2. The number of nitrogens with one attached hydrogen (secondary N) is 1. The van der Waals surface area contributed by atoms with E-state index < -0.39 is 19.7 Å². The van der Waals surface area contributed by atoms with E-state index in [1.165, 1.54) is 0 Å². The van der Waals surface area contributed by atoms with Crippen molar-refractivity contribution in [1.82, 2.24) is 5.32 Å². The van der Waals surface area contributed by atoms with E-state index in [0.29, 0.717) is 19.6 Å². The molecule has 4 aromatic carbocycles. The Balaban J connectivity index is 0.000000235. The van der Waals surface area contributed by atoms with Gasteiger partial charge in [-0.3, -0.25) is 0 Å². The molecule has 7 heteroatoms. The summed E-state index contributed by atoms with van der Waals surface area (Å²) in [4.78, 5) is 1.36. The molecule has 0 bridgehead atoms. The van der Waals surface area contributed by atoms with Gasteiger partial charge in [-0.05, 0) is 90.3 Å². The molecule has 0 radical (unpaired) electrons. The molecule has 0 atom stereocenters. The lowest BCUT2D eigenvalue weighted by molar-refractivity contribution is 0.594. The van der Waals surface area contributed by atoms with Gasteiger partial charge in [0, 0.05) is 0 Å². The largest absolute Gasteiger partial charge is 0.323 e. The monoisotopic (exact) mass is 537 g/mol. The van der Waals surface area contributed by atoms with Crippen LogP contribution in [0.3, 0.4) is 0 Å². The van der Waals surface area contributed by atoms with Crippen molar-refractivity contribution in [3.63, 3.8) is 0 Å². The molecular weight excluding hydrogens is 502 g/mol. The molecule has 0 amide bonds. The second-order valence-electron chi connectivity index (χ2n) is 8.76. The third-order valence-electron chi connectivity index (χ3n) is 5.33. The Kier molecular flexibility index (Phi) is 10.8. The van der Waals surface area contributed by atoms with Gasteiger partial charge >= 0.3 is 0 Å². The van der Waals surface area contributed by atoms with E-state index in [-0.39, 0.29) is 0 Å². The molecule has 0 spiro atoms. The van der Waals surface area contributed by atoms with Crippen LogP contribution < -0.4 is 5.32 Å². The third kappa shape index (κ3) is 8.39. The minimum absolute atomic E-state index is 0.340. The van der Waals surface area contributed by atoms with Crippen molar-refractivity contribution < 1.29 is 16.8 Å². The predicted octanol–water partition coefficient (Wildman–Crippen LogP) is 6.11. The van der Waals surface area contributed by atoms with Crippen LogP contribution in [0.5, 0.6) is 0 Å². The van der Waals surface area contributed by atoms with Gasteiger partial charge in [-0.2, -0.15) is 0 Å². The van der Waals surface area contributed by atoms with Crippen LogP contribution in [-0.2, 0) is 19.7 Å². The highest BCUT2D eigenvalue weighted by Crippen LogP contribution is 2.22. The number of hydrogen-bond acceptors (Lipinski definition) is 5. The number of rotatable bonds is 4. The first-order chi connectivity index (χ1) is 17.4. The topological polar surface area (TPSA) is 80.3 Å². The van der Waals surface area contributed by atoms with Gasteiger partial charge in [-0.1, -0.05) is 70.8 Å². The van der Waals surface area contributed by atoms with Crippen LogP contribution >= 0.6 is 0 Å². The molecule has 1 N–H and O–H groups in total. The fourth-order valence-corrected chi connectivity index (χ4v) is 5.66. The van der Waals surface area contributed by atoms with Crippen LogP contribution in [0.1, 0.15) is 22.3 Å². The lowest BCUT2D eigenvalue weighted by Gasteiger charge is -2.05. The second-order valence-corrected chi connectivity index (χ2v) is 12.7. The van der Waals surface area contributed by atoms with Crippen molar-refractivity contribution in [2.75, 3.05) is 14.1 Å². The van der Waals surface area contributed by atoms with Crippen LogP contribution in [0, 0.1) is 27.7 Å². The maximum atomic E-state index is 12.3. The smallest absolute Gasteiger partial charge is 0.206 e. The molecule has 0 saturated carbocycles. The number of aryl methyl sites for hydroxylation is 4. The molecule has 0 fully saturated rings. The summed E-state index contributed by atoms with van der Waals surface area (Å²) in [6.07, 6.45) is 0. The Hall–Kier alpha value is -3.26. The van der Waals surface area contributed by atoms with Crippen molar-refractivity contribution in [2.45, 2.75) is 47.3 Å². The fraction of sp³-hybridized carbons (Fsp3) is 0.200. The van der Waals surface area contributed by atoms with E-state index in [1.54, 1.807) is 97.1 Å². The molecule has 0 heterocycles. The van der Waals surface area contributed by atoms with Crippen LogP contribution in [0.25, 0.3) is 0 Å². The summed E-state index contributed by atoms with van der Waals surface area (Å²) >= 11 is 0. The van der Waals surface area contributed by atoms with Gasteiger partial charge in [0.2, 0.25) is 19.7 Å². The average molecular weight is 538 g/mol. The minimum atomic E-state index is -3.37. The van der Waals surface area contributed by atoms with Crippen molar-refractivity contribution in [3.05, 3.63) is 119 Å². The van der Waals surface area contributed by atoms with E-state index in [1.807, 2.05) is 41.8 Å². The first kappa shape index (κ1) is 30.0. The Bertz CT molecular complexity index is 1250. The van der Waals surface area contributed by atoms with Crippen LogP contribution in [-0.4, -0.2) is 30.9 Å². The Morgan fingerprint density at radius 3 is 0.649 bits per heavy atom. The molecule has 0 aliphatic carbocycles. The molecule has 0 saturated heterocycles. The van der Waals surface area contributed by atoms with E-state index in [2.05, 4.69) is 5.32 Å². The summed E-state index contributed by atoms with van der Waals surface area (Å²) in [7, 11) is -3.00. The summed E-state index contributed by atoms with van der Waals surface area (Å²) in [5.41, 5.74) is 4.20. The SMILES string of the molecule is CNC.Cc1ccc(S(=O)(=O)c2ccc(C)cc2)cc1.Cc1ccc(S(=O)(=O)c2ccc(C)cc2)cc1. The van der Waals surface area contributed by atoms with Crippen molar-refractivity contribution >= 4 is 19.7 Å². The number of hydrogen-bond donors (Lipinski definition) is 1. The normalized spacial score (nSPS) is 11.0. The average Bonchev–Trinajstić information content (AvgIpc) is 2.86. The Morgan fingerprint density at radius 2 is 0.514 bits per heavy atom. The van der Waals surface area contributed by atoms with E-state index >= 15 is 0 Å². The van der Waals surface area contributed by atoms with Gasteiger partial charge in [-0.25, -0.2) is 16.8 Å². The number of sulfone groups is 2. The van der Waals surface area contributed by atoms with E-state index in [9.17, 15) is 16.8 Å². The highest BCUT2D eigenvalue weighted by molar-refractivity contribution is 7.91. The van der Waals surface area contributed by atoms with Gasteiger partial charge in [-0.15, -0.1) is 0 Å². The van der Waals surface area contributed by atoms with Gasteiger partial charge in [0.05, 0.1) is 19.6 Å². The van der Waals surface area contributed by atoms with Gasteiger partial charge in [0.1, 0.15) is 0 Å². The number of benzene rings is 4. The second kappa shape index (κ2) is 13.3. The Morgan fingerprint density at radius 1 is 0.378 bits per heavy atom. The van der Waals surface area contributed by atoms with Crippen molar-refractivity contribution in [2.24, 2.45) is 0 Å². The van der Waals surface area contributed by atoms with Crippen LogP contribution in [0.4, 0.5) is 0 Å². The standard InChI is InChI=1S/2C14H14O2S.C2H7N/c2*1-11-3-7-13(8-4-11)17(15,16)14-9-5-12(2)6-10-14;1-3-2/h2*3-10H,1-2H3;3H,1-2H3. The molecule has 37 heavy (non-hydrogen) atoms. The van der Waals surface area contributed by atoms with Gasteiger partial charge in [0.25, 0.3) is 0 Å². The zero-order chi connectivity index (χ0) is 27.6. The van der Waals surface area contributed by atoms with Gasteiger partial charge < -0.3 is 5.32 Å². The van der Waals surface area contributed by atoms with E-state index in [0.717, 1.165) is 22.3 Å². The highest BCUT2D eigenvalue weighted by atomic mass is 32.2. The minimum Gasteiger partial charge on any atom is -0.323 e. The lowest BCUT2D eigenvalue weighted by Crippen LogP contribution is -2.01. The van der Waals surface area contributed by atoms with Crippen LogP contribution in [0.15, 0.2) is 117 Å². The maximum absolute atomic E-state index is 12.3. The van der Waals surface area contributed by atoms with Crippen molar-refractivity contribution in [1.29, 1.82) is 0 Å². The molecule has 0 aliphatic rings. The van der Waals surface area contributed by atoms with Gasteiger partial charge in [0.15, 0.2) is 0 Å². The zero-order valence-corrected chi connectivity index (χ0v) is 23.8. The lowest BCUT2D eigenvalue weighted by atomic mass is 10.2. The molecule has 4 rings (SSSR count). The summed E-state index contributed by atoms with van der Waals surface area (Å²) in [5.74, 6) is 0. The molecule has 0 aromatic heterocycles.